The van der Waals surface area contributed by atoms with E-state index in [2.05, 4.69) is 15.6 Å². The van der Waals surface area contributed by atoms with Crippen LogP contribution < -0.4 is 15.4 Å². The molecular formula is C22H25N3O5. The largest absolute Gasteiger partial charge is 0.455 e. The van der Waals surface area contributed by atoms with Crippen molar-refractivity contribution >= 4 is 17.9 Å². The molecule has 0 spiro atoms. The zero-order valence-electron chi connectivity index (χ0n) is 16.8. The molecule has 0 bridgehead atoms. The van der Waals surface area contributed by atoms with E-state index in [1.54, 1.807) is 36.5 Å². The molecule has 1 fully saturated rings. The van der Waals surface area contributed by atoms with Gasteiger partial charge in [0.25, 0.3) is 5.91 Å². The number of ether oxygens (including phenoxy) is 2. The van der Waals surface area contributed by atoms with Gasteiger partial charge in [0.1, 0.15) is 17.1 Å². The van der Waals surface area contributed by atoms with Crippen LogP contribution in [0.25, 0.3) is 0 Å². The first-order valence-electron chi connectivity index (χ1n) is 10.0. The summed E-state index contributed by atoms with van der Waals surface area (Å²) in [5.74, 6) is -0.687. The number of esters is 1. The van der Waals surface area contributed by atoms with Crippen LogP contribution in [0.1, 0.15) is 49.4 Å². The summed E-state index contributed by atoms with van der Waals surface area (Å²) in [5, 5.41) is 5.02. The molecule has 158 valence electrons. The maximum Gasteiger partial charge on any atom is 0.342 e. The highest BCUT2D eigenvalue weighted by atomic mass is 16.5. The molecule has 2 aromatic rings. The summed E-state index contributed by atoms with van der Waals surface area (Å²) in [4.78, 5) is 40.8. The molecule has 1 aromatic carbocycles. The number of urea groups is 1. The topological polar surface area (TPSA) is 107 Å². The smallest absolute Gasteiger partial charge is 0.342 e. The Balaban J connectivity index is 1.56. The molecule has 3 rings (SSSR count). The Hall–Kier alpha value is -3.42. The Labute approximate surface area is 175 Å². The lowest BCUT2D eigenvalue weighted by Gasteiger charge is -2.23. The number of rotatable bonds is 6. The number of carbonyl (C=O) groups is 3. The third-order valence-corrected chi connectivity index (χ3v) is 4.80. The van der Waals surface area contributed by atoms with Gasteiger partial charge in [-0.2, -0.15) is 0 Å². The van der Waals surface area contributed by atoms with E-state index >= 15 is 0 Å². The summed E-state index contributed by atoms with van der Waals surface area (Å²) in [6.07, 6.45) is 7.07. The van der Waals surface area contributed by atoms with Crippen molar-refractivity contribution in [1.82, 2.24) is 15.6 Å². The van der Waals surface area contributed by atoms with Gasteiger partial charge in [-0.25, -0.2) is 9.59 Å². The molecule has 1 saturated carbocycles. The third-order valence-electron chi connectivity index (χ3n) is 4.80. The molecule has 2 N–H and O–H groups in total. The van der Waals surface area contributed by atoms with Crippen molar-refractivity contribution in [3.63, 3.8) is 0 Å². The highest BCUT2D eigenvalue weighted by molar-refractivity contribution is 5.99. The molecule has 0 radical (unpaired) electrons. The number of hydrogen-bond donors (Lipinski definition) is 2. The molecule has 3 amide bonds. The second kappa shape index (κ2) is 10.4. The van der Waals surface area contributed by atoms with Gasteiger partial charge in [0, 0.05) is 12.2 Å². The molecule has 1 atom stereocenters. The molecule has 0 saturated heterocycles. The average Bonchev–Trinajstić information content (AvgIpc) is 2.75. The van der Waals surface area contributed by atoms with Crippen LogP contribution in [0.2, 0.25) is 0 Å². The minimum Gasteiger partial charge on any atom is -0.455 e. The van der Waals surface area contributed by atoms with Crippen molar-refractivity contribution in [3.05, 3.63) is 54.4 Å². The molecule has 8 heteroatoms. The van der Waals surface area contributed by atoms with Gasteiger partial charge < -0.3 is 14.8 Å². The molecule has 30 heavy (non-hydrogen) atoms. The van der Waals surface area contributed by atoms with Crippen LogP contribution >= 0.6 is 0 Å². The van der Waals surface area contributed by atoms with Crippen molar-refractivity contribution in [1.29, 1.82) is 0 Å². The summed E-state index contributed by atoms with van der Waals surface area (Å²) in [6.45, 7) is 1.41. The third kappa shape index (κ3) is 6.04. The Morgan fingerprint density at radius 3 is 2.57 bits per heavy atom. The molecule has 1 heterocycles. The van der Waals surface area contributed by atoms with Gasteiger partial charge in [0.05, 0.1) is 6.20 Å². The SMILES string of the molecule is CC(OC(=O)c1ccccc1Oc1cccnc1)C(=O)NC(=O)NC1CCCCC1. The first-order chi connectivity index (χ1) is 14.5. The highest BCUT2D eigenvalue weighted by Crippen LogP contribution is 2.25. The standard InChI is InChI=1S/C22H25N3O5/c1-15(20(26)25-22(28)24-16-8-3-2-4-9-16)29-21(27)18-11-5-6-12-19(18)30-17-10-7-13-23-14-17/h5-7,10-16H,2-4,8-9H2,1H3,(H2,24,25,26,28). The number of nitrogens with zero attached hydrogens (tertiary/aromatic N) is 1. The number of nitrogens with one attached hydrogen (secondary N) is 2. The van der Waals surface area contributed by atoms with E-state index in [0.717, 1.165) is 32.1 Å². The quantitative estimate of drug-likeness (QED) is 0.704. The number of carbonyl (C=O) groups excluding carboxylic acids is 3. The lowest BCUT2D eigenvalue weighted by molar-refractivity contribution is -0.127. The fourth-order valence-electron chi connectivity index (χ4n) is 3.22. The number of imide groups is 1. The second-order valence-corrected chi connectivity index (χ2v) is 7.13. The predicted octanol–water partition coefficient (Wildman–Crippen LogP) is 3.58. The Morgan fingerprint density at radius 1 is 1.07 bits per heavy atom. The molecule has 1 aromatic heterocycles. The lowest BCUT2D eigenvalue weighted by Crippen LogP contribution is -2.48. The van der Waals surface area contributed by atoms with E-state index in [4.69, 9.17) is 9.47 Å². The second-order valence-electron chi connectivity index (χ2n) is 7.13. The average molecular weight is 411 g/mol. The van der Waals surface area contributed by atoms with Crippen LogP contribution in [0.3, 0.4) is 0 Å². The predicted molar refractivity (Wildman–Crippen MR) is 109 cm³/mol. The van der Waals surface area contributed by atoms with Crippen LogP contribution in [-0.4, -0.2) is 35.0 Å². The van der Waals surface area contributed by atoms with Crippen LogP contribution in [-0.2, 0) is 9.53 Å². The van der Waals surface area contributed by atoms with Gasteiger partial charge in [-0.1, -0.05) is 31.4 Å². The summed E-state index contributed by atoms with van der Waals surface area (Å²) in [5.41, 5.74) is 0.160. The van der Waals surface area contributed by atoms with Crippen LogP contribution in [0.15, 0.2) is 48.8 Å². The highest BCUT2D eigenvalue weighted by Gasteiger charge is 2.24. The van der Waals surface area contributed by atoms with Crippen LogP contribution in [0, 0.1) is 0 Å². The fourth-order valence-corrected chi connectivity index (χ4v) is 3.22. The molecule has 0 aliphatic heterocycles. The first kappa shape index (κ1) is 21.3. The number of aromatic nitrogens is 1. The van der Waals surface area contributed by atoms with E-state index < -0.39 is 24.0 Å². The van der Waals surface area contributed by atoms with Crippen molar-refractivity contribution in [3.8, 4) is 11.5 Å². The van der Waals surface area contributed by atoms with E-state index in [9.17, 15) is 14.4 Å². The Bertz CT molecular complexity index is 881. The molecule has 1 unspecified atom stereocenters. The monoisotopic (exact) mass is 411 g/mol. The summed E-state index contributed by atoms with van der Waals surface area (Å²) in [6, 6.07) is 9.44. The van der Waals surface area contributed by atoms with Crippen molar-refractivity contribution in [2.75, 3.05) is 0 Å². The number of pyridine rings is 1. The molecule has 8 nitrogen and oxygen atoms in total. The van der Waals surface area contributed by atoms with Gasteiger partial charge in [0.2, 0.25) is 0 Å². The van der Waals surface area contributed by atoms with E-state index in [1.807, 2.05) is 0 Å². The summed E-state index contributed by atoms with van der Waals surface area (Å²) in [7, 11) is 0. The maximum atomic E-state index is 12.6. The first-order valence-corrected chi connectivity index (χ1v) is 10.0. The van der Waals surface area contributed by atoms with Gasteiger partial charge in [-0.3, -0.25) is 15.1 Å². The molecule has 1 aliphatic carbocycles. The van der Waals surface area contributed by atoms with Gasteiger partial charge in [-0.15, -0.1) is 0 Å². The Morgan fingerprint density at radius 2 is 1.83 bits per heavy atom. The van der Waals surface area contributed by atoms with Crippen LogP contribution in [0.4, 0.5) is 4.79 Å². The normalized spacial score (nSPS) is 15.0. The molecule has 1 aliphatic rings. The number of benzene rings is 1. The van der Waals surface area contributed by atoms with Crippen molar-refractivity contribution in [2.24, 2.45) is 0 Å². The fraction of sp³-hybridized carbons (Fsp3) is 0.364. The number of amides is 3. The van der Waals surface area contributed by atoms with Crippen molar-refractivity contribution < 1.29 is 23.9 Å². The van der Waals surface area contributed by atoms with Gasteiger partial charge in [-0.05, 0) is 44.0 Å². The van der Waals surface area contributed by atoms with Crippen molar-refractivity contribution in [2.45, 2.75) is 51.2 Å². The summed E-state index contributed by atoms with van der Waals surface area (Å²) >= 11 is 0. The zero-order chi connectivity index (χ0) is 21.3. The zero-order valence-corrected chi connectivity index (χ0v) is 16.8. The van der Waals surface area contributed by atoms with E-state index in [-0.39, 0.29) is 17.4 Å². The minimum atomic E-state index is -1.15. The molecular weight excluding hydrogens is 386 g/mol. The van der Waals surface area contributed by atoms with Crippen LogP contribution in [0.5, 0.6) is 11.5 Å². The minimum absolute atomic E-state index is 0.0703. The number of para-hydroxylation sites is 1. The number of hydrogen-bond acceptors (Lipinski definition) is 6. The Kier molecular flexibility index (Phi) is 7.37. The lowest BCUT2D eigenvalue weighted by atomic mass is 9.96. The van der Waals surface area contributed by atoms with E-state index in [0.29, 0.717) is 5.75 Å². The maximum absolute atomic E-state index is 12.6. The van der Waals surface area contributed by atoms with E-state index in [1.165, 1.54) is 19.2 Å². The summed E-state index contributed by atoms with van der Waals surface area (Å²) < 4.78 is 10.9. The van der Waals surface area contributed by atoms with Gasteiger partial charge >= 0.3 is 12.0 Å². The van der Waals surface area contributed by atoms with Gasteiger partial charge in [0.15, 0.2) is 6.10 Å².